The van der Waals surface area contributed by atoms with Crippen molar-refractivity contribution >= 4 is 16.9 Å². The Morgan fingerprint density at radius 1 is 1.36 bits per heavy atom. The van der Waals surface area contributed by atoms with E-state index in [2.05, 4.69) is 15.3 Å². The smallest absolute Gasteiger partial charge is 0.251 e. The van der Waals surface area contributed by atoms with Crippen molar-refractivity contribution in [2.75, 3.05) is 13.7 Å². The lowest BCUT2D eigenvalue weighted by Gasteiger charge is -2.28. The van der Waals surface area contributed by atoms with Crippen molar-refractivity contribution in [3.63, 3.8) is 0 Å². The van der Waals surface area contributed by atoms with E-state index in [9.17, 15) is 9.90 Å². The number of hydrogen-bond donors (Lipinski definition) is 3. The third kappa shape index (κ3) is 3.85. The second-order valence-corrected chi connectivity index (χ2v) is 7.54. The topological polar surface area (TPSA) is 87.2 Å². The first-order valence-electron chi connectivity index (χ1n) is 8.87. The highest BCUT2D eigenvalue weighted by Crippen LogP contribution is 2.24. The Balaban J connectivity index is 1.72. The van der Waals surface area contributed by atoms with Gasteiger partial charge < -0.3 is 20.1 Å². The summed E-state index contributed by atoms with van der Waals surface area (Å²) in [4.78, 5) is 20.3. The Morgan fingerprint density at radius 3 is 2.72 bits per heavy atom. The lowest BCUT2D eigenvalue weighted by atomic mass is 9.93. The number of fused-ring (bicyclic) bond motifs is 1. The summed E-state index contributed by atoms with van der Waals surface area (Å²) in [5, 5.41) is 12.6. The number of aromatic amines is 1. The minimum Gasteiger partial charge on any atom is -0.395 e. The van der Waals surface area contributed by atoms with E-state index in [0.29, 0.717) is 11.7 Å². The number of hydrogen-bond acceptors (Lipinski definition) is 4. The third-order valence-electron chi connectivity index (χ3n) is 5.12. The molecule has 1 saturated carbocycles. The zero-order valence-corrected chi connectivity index (χ0v) is 15.1. The fraction of sp³-hybridized carbons (Fsp3) is 0.579. The van der Waals surface area contributed by atoms with Crippen molar-refractivity contribution in [2.45, 2.75) is 57.1 Å². The van der Waals surface area contributed by atoms with Gasteiger partial charge in [0.25, 0.3) is 5.91 Å². The summed E-state index contributed by atoms with van der Waals surface area (Å²) in [6, 6.07) is 5.68. The number of aliphatic hydroxyl groups excluding tert-OH is 1. The Bertz CT molecular complexity index is 745. The van der Waals surface area contributed by atoms with Crippen LogP contribution in [0.5, 0.6) is 0 Å². The first-order valence-corrected chi connectivity index (χ1v) is 8.87. The molecule has 1 fully saturated rings. The summed E-state index contributed by atoms with van der Waals surface area (Å²) < 4.78 is 5.37. The minimum absolute atomic E-state index is 0.00428. The molecule has 6 nitrogen and oxygen atoms in total. The van der Waals surface area contributed by atoms with Crippen LogP contribution in [0.1, 0.15) is 55.7 Å². The van der Waals surface area contributed by atoms with Gasteiger partial charge in [-0.15, -0.1) is 0 Å². The Morgan fingerprint density at radius 2 is 2.08 bits per heavy atom. The van der Waals surface area contributed by atoms with E-state index in [4.69, 9.17) is 4.74 Å². The average molecular weight is 345 g/mol. The number of imidazole rings is 1. The van der Waals surface area contributed by atoms with Gasteiger partial charge in [0.05, 0.1) is 23.7 Å². The van der Waals surface area contributed by atoms with Crippen molar-refractivity contribution in [1.29, 1.82) is 0 Å². The summed E-state index contributed by atoms with van der Waals surface area (Å²) in [6.45, 7) is 3.85. The van der Waals surface area contributed by atoms with Crippen LogP contribution in [0.25, 0.3) is 11.0 Å². The standard InChI is InChI=1S/C19H27N3O3/c1-19(2,11-23)18-21-15-9-4-12(10-16(15)22-18)17(24)20-13-5-7-14(25-3)8-6-13/h4,9-10,13-14,23H,5-8,11H2,1-3H3,(H,20,24)(H,21,22). The zero-order valence-electron chi connectivity index (χ0n) is 15.1. The summed E-state index contributed by atoms with van der Waals surface area (Å²) in [7, 11) is 1.75. The van der Waals surface area contributed by atoms with Crippen LogP contribution in [0.15, 0.2) is 18.2 Å². The monoisotopic (exact) mass is 345 g/mol. The zero-order chi connectivity index (χ0) is 18.0. The third-order valence-corrected chi connectivity index (χ3v) is 5.12. The molecule has 136 valence electrons. The predicted molar refractivity (Wildman–Crippen MR) is 96.7 cm³/mol. The highest BCUT2D eigenvalue weighted by Gasteiger charge is 2.25. The van der Waals surface area contributed by atoms with E-state index in [1.54, 1.807) is 13.2 Å². The number of H-pyrrole nitrogens is 1. The molecule has 0 spiro atoms. The lowest BCUT2D eigenvalue weighted by Crippen LogP contribution is -2.38. The molecular weight excluding hydrogens is 318 g/mol. The van der Waals surface area contributed by atoms with Gasteiger partial charge in [-0.1, -0.05) is 13.8 Å². The number of amides is 1. The van der Waals surface area contributed by atoms with E-state index in [0.717, 1.165) is 42.5 Å². The van der Waals surface area contributed by atoms with Gasteiger partial charge in [-0.25, -0.2) is 4.98 Å². The molecule has 3 rings (SSSR count). The van der Waals surface area contributed by atoms with Gasteiger partial charge in [0.1, 0.15) is 5.82 Å². The number of nitrogens with one attached hydrogen (secondary N) is 2. The molecular formula is C19H27N3O3. The number of carbonyl (C=O) groups excluding carboxylic acids is 1. The van der Waals surface area contributed by atoms with Crippen molar-refractivity contribution in [3.05, 3.63) is 29.6 Å². The second kappa shape index (κ2) is 7.14. The van der Waals surface area contributed by atoms with Crippen LogP contribution in [-0.4, -0.2) is 46.8 Å². The molecule has 0 atom stereocenters. The largest absolute Gasteiger partial charge is 0.395 e. The normalized spacial score (nSPS) is 21.4. The Kier molecular flexibility index (Phi) is 5.11. The van der Waals surface area contributed by atoms with Gasteiger partial charge in [0.2, 0.25) is 0 Å². The SMILES string of the molecule is COC1CCC(NC(=O)c2ccc3nc(C(C)(C)CO)[nH]c3c2)CC1. The fourth-order valence-electron chi connectivity index (χ4n) is 3.26. The van der Waals surface area contributed by atoms with Gasteiger partial charge in [0.15, 0.2) is 0 Å². The first kappa shape index (κ1) is 17.9. The highest BCUT2D eigenvalue weighted by molar-refractivity contribution is 5.97. The van der Waals surface area contributed by atoms with Crippen LogP contribution >= 0.6 is 0 Å². The molecule has 1 heterocycles. The van der Waals surface area contributed by atoms with E-state index in [1.165, 1.54) is 0 Å². The van der Waals surface area contributed by atoms with E-state index < -0.39 is 5.41 Å². The van der Waals surface area contributed by atoms with Crippen LogP contribution in [0, 0.1) is 0 Å². The predicted octanol–water partition coefficient (Wildman–Crippen LogP) is 2.52. The lowest BCUT2D eigenvalue weighted by molar-refractivity contribution is 0.0599. The number of carbonyl (C=O) groups is 1. The van der Waals surface area contributed by atoms with E-state index in [1.807, 2.05) is 26.0 Å². The molecule has 1 amide bonds. The number of rotatable bonds is 5. The van der Waals surface area contributed by atoms with Crippen LogP contribution in [0.2, 0.25) is 0 Å². The van der Waals surface area contributed by atoms with Crippen LogP contribution in [0.3, 0.4) is 0 Å². The maximum Gasteiger partial charge on any atom is 0.251 e. The molecule has 3 N–H and O–H groups in total. The van der Waals surface area contributed by atoms with Gasteiger partial charge in [0, 0.05) is 24.1 Å². The highest BCUT2D eigenvalue weighted by atomic mass is 16.5. The van der Waals surface area contributed by atoms with Crippen LogP contribution in [0.4, 0.5) is 0 Å². The van der Waals surface area contributed by atoms with Crippen molar-refractivity contribution in [2.24, 2.45) is 0 Å². The number of ether oxygens (including phenoxy) is 1. The minimum atomic E-state index is -0.443. The molecule has 0 unspecified atom stereocenters. The molecule has 0 saturated heterocycles. The fourth-order valence-corrected chi connectivity index (χ4v) is 3.26. The summed E-state index contributed by atoms with van der Waals surface area (Å²) in [5.74, 6) is 0.667. The van der Waals surface area contributed by atoms with Gasteiger partial charge >= 0.3 is 0 Å². The number of aromatic nitrogens is 2. The molecule has 25 heavy (non-hydrogen) atoms. The summed E-state index contributed by atoms with van der Waals surface area (Å²) in [6.07, 6.45) is 4.20. The molecule has 0 aliphatic heterocycles. The molecule has 1 aliphatic carbocycles. The van der Waals surface area contributed by atoms with Crippen molar-refractivity contribution in [3.8, 4) is 0 Å². The molecule has 0 radical (unpaired) electrons. The molecule has 1 aliphatic rings. The van der Waals surface area contributed by atoms with Crippen LogP contribution in [-0.2, 0) is 10.2 Å². The average Bonchev–Trinajstić information content (AvgIpc) is 3.06. The number of aliphatic hydroxyl groups is 1. The molecule has 1 aromatic heterocycles. The van der Waals surface area contributed by atoms with Crippen molar-refractivity contribution in [1.82, 2.24) is 15.3 Å². The van der Waals surface area contributed by atoms with Gasteiger partial charge in [-0.05, 0) is 43.9 Å². The number of nitrogens with zero attached hydrogens (tertiary/aromatic N) is 1. The van der Waals surface area contributed by atoms with Crippen LogP contribution < -0.4 is 5.32 Å². The quantitative estimate of drug-likeness (QED) is 0.777. The molecule has 2 aromatic rings. The maximum absolute atomic E-state index is 12.6. The Hall–Kier alpha value is -1.92. The maximum atomic E-state index is 12.6. The van der Waals surface area contributed by atoms with E-state index in [-0.39, 0.29) is 18.6 Å². The molecule has 0 bridgehead atoms. The second-order valence-electron chi connectivity index (χ2n) is 7.54. The van der Waals surface area contributed by atoms with Gasteiger partial charge in [-0.3, -0.25) is 4.79 Å². The molecule has 6 heteroatoms. The first-order chi connectivity index (χ1) is 11.9. The summed E-state index contributed by atoms with van der Waals surface area (Å²) in [5.41, 5.74) is 1.79. The Labute approximate surface area is 148 Å². The number of benzene rings is 1. The molecule has 1 aromatic carbocycles. The van der Waals surface area contributed by atoms with Gasteiger partial charge in [-0.2, -0.15) is 0 Å². The van der Waals surface area contributed by atoms with E-state index >= 15 is 0 Å². The van der Waals surface area contributed by atoms with Crippen molar-refractivity contribution < 1.29 is 14.6 Å². The summed E-state index contributed by atoms with van der Waals surface area (Å²) >= 11 is 0. The number of methoxy groups -OCH3 is 1.